The van der Waals surface area contributed by atoms with E-state index in [0.717, 1.165) is 0 Å². The standard InChI is InChI=1S/C4H9NO.C2H5.C2H4.CH4.2CH3.2Rb.Re.Rf.Rh/c1-4-5(2)6-3;2*1-2;;;;;;;;/h1,3-4H2,2H3;1H2,2H3;1-2H2;1H4;2*1H3;;;;;/q-2;-1;;;2*-1;2*+1;;;. The molecule has 0 aliphatic rings. The maximum absolute atomic E-state index is 4.42. The molecule has 7 heteroatoms. The maximum Gasteiger partial charge on any atom is 1.00 e. The van der Waals surface area contributed by atoms with E-state index in [1.807, 2.05) is 0 Å². The summed E-state index contributed by atoms with van der Waals surface area (Å²) in [7, 11) is 4.91. The van der Waals surface area contributed by atoms with E-state index in [2.05, 4.69) is 39.0 Å². The van der Waals surface area contributed by atoms with Gasteiger partial charge in [0, 0.05) is 46.9 Å². The molecule has 0 aromatic heterocycles. The van der Waals surface area contributed by atoms with E-state index in [4.69, 9.17) is 0 Å². The van der Waals surface area contributed by atoms with Crippen molar-refractivity contribution in [3.63, 3.8) is 0 Å². The molecule has 0 N–H and O–H groups in total. The molecule has 0 heterocycles. The summed E-state index contributed by atoms with van der Waals surface area (Å²) in [5.74, 6) is 0. The van der Waals surface area contributed by atoms with Gasteiger partial charge in [0.05, 0.1) is 0 Å². The Bertz CT molecular complexity index is 62.0. The summed E-state index contributed by atoms with van der Waals surface area (Å²) in [6.45, 7) is 15.1. The smallest absolute Gasteiger partial charge is 0.478 e. The Kier molecular flexibility index (Phi) is 488. The van der Waals surface area contributed by atoms with Crippen LogP contribution in [0.1, 0.15) is 14.4 Å². The quantitative estimate of drug-likeness (QED) is 0.134. The predicted octanol–water partition coefficient (Wildman–Crippen LogP) is -2.34. The van der Waals surface area contributed by atoms with Crippen molar-refractivity contribution >= 4 is 0 Å². The van der Waals surface area contributed by atoms with E-state index in [9.17, 15) is 0 Å². The molecule has 0 bridgehead atoms. The van der Waals surface area contributed by atoms with Crippen molar-refractivity contribution in [1.82, 2.24) is 5.06 Å². The molecule has 0 saturated heterocycles. The van der Waals surface area contributed by atoms with Crippen LogP contribution < -0.4 is 116 Å². The van der Waals surface area contributed by atoms with Gasteiger partial charge in [-0.3, -0.25) is 5.06 Å². The summed E-state index contributed by atoms with van der Waals surface area (Å²) in [6.07, 6.45) is 0. The van der Waals surface area contributed by atoms with Gasteiger partial charge in [0.15, 0.2) is 0 Å². The number of hydrogen-bond acceptors (Lipinski definition) is 2. The molecule has 0 rings (SSSR count). The summed E-state index contributed by atoms with van der Waals surface area (Å²) in [5.41, 5.74) is 0. The minimum absolute atomic E-state index is 0. The van der Waals surface area contributed by atoms with Gasteiger partial charge in [-0.25, -0.2) is 7.11 Å². The monoisotopic (exact) mass is 917 g/mol. The van der Waals surface area contributed by atoms with Crippen LogP contribution in [0.4, 0.5) is 0 Å². The molecule has 0 amide bonds. The maximum atomic E-state index is 4.42. The molecular weight excluding hydrogens is 889 g/mol. The van der Waals surface area contributed by atoms with E-state index in [1.165, 1.54) is 5.06 Å². The van der Waals surface area contributed by atoms with Crippen LogP contribution in [0.15, 0.2) is 13.2 Å². The van der Waals surface area contributed by atoms with Crippen LogP contribution in [0, 0.1) is 35.8 Å². The Labute approximate surface area is 237 Å². The second-order valence-corrected chi connectivity index (χ2v) is 0.981. The predicted molar refractivity (Wildman–Crippen MR) is 66.3 cm³/mol. The van der Waals surface area contributed by atoms with Gasteiger partial charge in [0.25, 0.3) is 0 Å². The number of hydroxylamine groups is 2. The Morgan fingerprint density at radius 3 is 1.28 bits per heavy atom. The Morgan fingerprint density at radius 1 is 1.11 bits per heavy atom. The zero-order chi connectivity index (χ0) is 8.99. The van der Waals surface area contributed by atoms with E-state index in [-0.39, 0.29) is 179 Å². The van der Waals surface area contributed by atoms with E-state index >= 15 is 0 Å². The molecule has 0 aromatic rings. The van der Waals surface area contributed by atoms with Gasteiger partial charge in [-0.05, 0) is 0 Å². The van der Waals surface area contributed by atoms with Crippen LogP contribution in [-0.4, -0.2) is 18.7 Å². The fraction of sp³-hybridized carbons (Fsp3) is 0.364. The molecular formula is C11H28NORb2ReRfRh-3. The molecule has 0 unspecified atom stereocenters. The second kappa shape index (κ2) is 107. The molecule has 0 fully saturated rings. The Hall–Kier alpha value is 3.56. The van der Waals surface area contributed by atoms with Crippen molar-refractivity contribution in [3.05, 3.63) is 49.0 Å². The average molecular weight is 917 g/mol. The zero-order valence-electron chi connectivity index (χ0n) is 12.5. The summed E-state index contributed by atoms with van der Waals surface area (Å²) < 4.78 is 0. The molecule has 0 spiro atoms. The number of hydrogen-bond donors (Lipinski definition) is 0. The topological polar surface area (TPSA) is 12.5 Å². The van der Waals surface area contributed by atoms with E-state index in [1.54, 1.807) is 14.0 Å². The fourth-order valence-corrected chi connectivity index (χ4v) is 0.0645. The third-order valence-electron chi connectivity index (χ3n) is 0.535. The molecule has 2 nitrogen and oxygen atoms in total. The molecule has 0 aliphatic carbocycles. The van der Waals surface area contributed by atoms with Crippen LogP contribution in [0.3, 0.4) is 0 Å². The molecule has 2 radical (unpaired) electrons. The van der Waals surface area contributed by atoms with Crippen molar-refractivity contribution in [3.8, 4) is 0 Å². The number of rotatable bonds is 2. The normalized spacial score (nSPS) is 3.89. The van der Waals surface area contributed by atoms with Crippen LogP contribution >= 0.6 is 0 Å². The van der Waals surface area contributed by atoms with Gasteiger partial charge in [-0.2, -0.15) is 6.92 Å². The van der Waals surface area contributed by atoms with E-state index in [0.29, 0.717) is 6.54 Å². The van der Waals surface area contributed by atoms with Crippen LogP contribution in [0.25, 0.3) is 0 Å². The van der Waals surface area contributed by atoms with Crippen LogP contribution in [-0.2, 0) is 44.7 Å². The Balaban J connectivity index is -0.00000000421. The van der Waals surface area contributed by atoms with Gasteiger partial charge < -0.3 is 33.5 Å². The van der Waals surface area contributed by atoms with Gasteiger partial charge in [0.2, 0.25) is 0 Å². The summed E-state index contributed by atoms with van der Waals surface area (Å²) in [6, 6.07) is 0. The van der Waals surface area contributed by atoms with Gasteiger partial charge >= 0.3 is 116 Å². The van der Waals surface area contributed by atoms with Crippen molar-refractivity contribution in [2.45, 2.75) is 14.4 Å². The molecule has 0 aromatic carbocycles. The first-order chi connectivity index (χ1) is 4.81. The van der Waals surface area contributed by atoms with Crippen molar-refractivity contribution in [2.75, 3.05) is 13.6 Å². The van der Waals surface area contributed by atoms with Crippen molar-refractivity contribution in [2.24, 2.45) is 0 Å². The molecule has 0 aliphatic heterocycles. The third kappa shape index (κ3) is 118. The van der Waals surface area contributed by atoms with Crippen LogP contribution in [0.2, 0.25) is 0 Å². The van der Waals surface area contributed by atoms with E-state index < -0.39 is 0 Å². The van der Waals surface area contributed by atoms with Crippen molar-refractivity contribution in [1.29, 1.82) is 0 Å². The Morgan fingerprint density at radius 2 is 1.28 bits per heavy atom. The fourth-order valence-electron chi connectivity index (χ4n) is 0.0645. The van der Waals surface area contributed by atoms with Gasteiger partial charge in [-0.15, -0.1) is 19.7 Å². The molecule has 106 valence electrons. The van der Waals surface area contributed by atoms with Gasteiger partial charge in [0.1, 0.15) is 0 Å². The first-order valence-electron chi connectivity index (χ1n) is 2.94. The first-order valence-corrected chi connectivity index (χ1v) is 2.94. The molecule has 0 atom stereocenters. The molecule has 18 heavy (non-hydrogen) atoms. The summed E-state index contributed by atoms with van der Waals surface area (Å²) in [5, 5.41) is 1.53. The molecule has 0 saturated carbocycles. The third-order valence-corrected chi connectivity index (χ3v) is 0.535. The largest absolute Gasteiger partial charge is 1.00 e. The summed E-state index contributed by atoms with van der Waals surface area (Å²) in [4.78, 5) is 4.42. The average Bonchev–Trinajstić information content (AvgIpc) is 2.10. The van der Waals surface area contributed by atoms with Gasteiger partial charge in [-0.1, -0.05) is 7.43 Å². The minimum Gasteiger partial charge on any atom is -0.478 e. The number of nitrogens with zero attached hydrogens (tertiary/aromatic N) is 1. The zero-order valence-corrected chi connectivity index (χ0v) is 33.1. The van der Waals surface area contributed by atoms with Crippen LogP contribution in [0.5, 0.6) is 0 Å². The first kappa shape index (κ1) is 81.7. The minimum atomic E-state index is 0. The SMILES string of the molecule is C.C=C.[CH2-]C.[CH2-]CN(C)O[CH2-].[CH3-].[CH3-].[Rb+].[Rb+].[Re].[Rf].[Rh]. The second-order valence-electron chi connectivity index (χ2n) is 0.981. The summed E-state index contributed by atoms with van der Waals surface area (Å²) >= 11 is 0. The van der Waals surface area contributed by atoms with Crippen molar-refractivity contribution < 1.29 is 161 Å².